The summed E-state index contributed by atoms with van der Waals surface area (Å²) in [5.41, 5.74) is 2.86. The van der Waals surface area contributed by atoms with Crippen molar-refractivity contribution in [3.8, 4) is 0 Å². The Morgan fingerprint density at radius 1 is 1.06 bits per heavy atom. The molecule has 1 aromatic carbocycles. The Morgan fingerprint density at radius 2 is 1.71 bits per heavy atom. The van der Waals surface area contributed by atoms with Gasteiger partial charge in [-0.3, -0.25) is 0 Å². The van der Waals surface area contributed by atoms with Crippen molar-refractivity contribution in [3.05, 3.63) is 35.4 Å². The fourth-order valence-electron chi connectivity index (χ4n) is 2.44. The van der Waals surface area contributed by atoms with Gasteiger partial charge in [0.1, 0.15) is 0 Å². The van der Waals surface area contributed by atoms with Crippen LogP contribution in [-0.2, 0) is 6.42 Å². The highest BCUT2D eigenvalue weighted by molar-refractivity contribution is 6.18. The van der Waals surface area contributed by atoms with Crippen molar-refractivity contribution in [2.75, 3.05) is 5.88 Å². The van der Waals surface area contributed by atoms with E-state index in [1.165, 1.54) is 30.4 Å². The summed E-state index contributed by atoms with van der Waals surface area (Å²) < 4.78 is 0. The molecular formula is C16H25Cl. The van der Waals surface area contributed by atoms with E-state index >= 15 is 0 Å². The molecule has 0 aliphatic carbocycles. The molecule has 0 bridgehead atoms. The van der Waals surface area contributed by atoms with Crippen molar-refractivity contribution in [1.29, 1.82) is 0 Å². The molecule has 0 saturated carbocycles. The van der Waals surface area contributed by atoms with Crippen molar-refractivity contribution in [2.45, 2.75) is 46.5 Å². The fourth-order valence-corrected chi connectivity index (χ4v) is 2.68. The van der Waals surface area contributed by atoms with Crippen molar-refractivity contribution < 1.29 is 0 Å². The SMILES string of the molecule is CCC(CC)CC(CCl)Cc1ccccc1C. The molecule has 0 aromatic heterocycles. The van der Waals surface area contributed by atoms with Gasteiger partial charge in [0.05, 0.1) is 0 Å². The summed E-state index contributed by atoms with van der Waals surface area (Å²) in [5.74, 6) is 2.25. The lowest BCUT2D eigenvalue weighted by atomic mass is 9.87. The van der Waals surface area contributed by atoms with Gasteiger partial charge in [0, 0.05) is 5.88 Å². The quantitative estimate of drug-likeness (QED) is 0.584. The summed E-state index contributed by atoms with van der Waals surface area (Å²) in [6.45, 7) is 6.76. The smallest absolute Gasteiger partial charge is 0.0255 e. The number of alkyl halides is 1. The van der Waals surface area contributed by atoms with Crippen LogP contribution in [0.3, 0.4) is 0 Å². The first-order chi connectivity index (χ1) is 8.21. The van der Waals surface area contributed by atoms with E-state index in [9.17, 15) is 0 Å². The third kappa shape index (κ3) is 4.71. The Morgan fingerprint density at radius 3 is 2.24 bits per heavy atom. The zero-order valence-electron chi connectivity index (χ0n) is 11.4. The fraction of sp³-hybridized carbons (Fsp3) is 0.625. The first-order valence-corrected chi connectivity index (χ1v) is 7.35. The van der Waals surface area contributed by atoms with Crippen LogP contribution in [0.2, 0.25) is 0 Å². The first-order valence-electron chi connectivity index (χ1n) is 6.81. The number of hydrogen-bond donors (Lipinski definition) is 0. The maximum absolute atomic E-state index is 6.13. The number of aryl methyl sites for hydroxylation is 1. The van der Waals surface area contributed by atoms with Crippen LogP contribution in [0.25, 0.3) is 0 Å². The van der Waals surface area contributed by atoms with Crippen LogP contribution in [0.15, 0.2) is 24.3 Å². The van der Waals surface area contributed by atoms with E-state index in [4.69, 9.17) is 11.6 Å². The molecule has 0 radical (unpaired) electrons. The van der Waals surface area contributed by atoms with E-state index in [1.54, 1.807) is 0 Å². The topological polar surface area (TPSA) is 0 Å². The van der Waals surface area contributed by atoms with Gasteiger partial charge < -0.3 is 0 Å². The van der Waals surface area contributed by atoms with Crippen molar-refractivity contribution >= 4 is 11.6 Å². The molecule has 1 aromatic rings. The lowest BCUT2D eigenvalue weighted by Gasteiger charge is -2.20. The van der Waals surface area contributed by atoms with Gasteiger partial charge in [0.25, 0.3) is 0 Å². The maximum Gasteiger partial charge on any atom is 0.0255 e. The van der Waals surface area contributed by atoms with Crippen LogP contribution in [0, 0.1) is 18.8 Å². The number of rotatable bonds is 7. The maximum atomic E-state index is 6.13. The molecule has 96 valence electrons. The molecule has 0 heterocycles. The largest absolute Gasteiger partial charge is 0.126 e. The number of halogens is 1. The summed E-state index contributed by atoms with van der Waals surface area (Å²) in [5, 5.41) is 0. The molecule has 1 heteroatoms. The summed E-state index contributed by atoms with van der Waals surface area (Å²) in [6.07, 6.45) is 4.95. The van der Waals surface area contributed by atoms with E-state index in [0.717, 1.165) is 18.2 Å². The normalized spacial score (nSPS) is 13.0. The van der Waals surface area contributed by atoms with Gasteiger partial charge in [0.2, 0.25) is 0 Å². The molecule has 1 atom stereocenters. The average Bonchev–Trinajstić information content (AvgIpc) is 2.36. The molecule has 0 fully saturated rings. The van der Waals surface area contributed by atoms with E-state index < -0.39 is 0 Å². The monoisotopic (exact) mass is 252 g/mol. The lowest BCUT2D eigenvalue weighted by Crippen LogP contribution is -2.13. The van der Waals surface area contributed by atoms with E-state index in [0.29, 0.717) is 5.92 Å². The third-order valence-corrected chi connectivity index (χ3v) is 4.25. The predicted molar refractivity (Wildman–Crippen MR) is 77.8 cm³/mol. The second-order valence-electron chi connectivity index (χ2n) is 5.07. The van der Waals surface area contributed by atoms with Gasteiger partial charge in [-0.1, -0.05) is 51.0 Å². The minimum Gasteiger partial charge on any atom is -0.126 e. The van der Waals surface area contributed by atoms with Gasteiger partial charge in [0.15, 0.2) is 0 Å². The van der Waals surface area contributed by atoms with Crippen LogP contribution in [-0.4, -0.2) is 5.88 Å². The highest BCUT2D eigenvalue weighted by atomic mass is 35.5. The van der Waals surface area contributed by atoms with Crippen LogP contribution < -0.4 is 0 Å². The first kappa shape index (κ1) is 14.6. The third-order valence-electron chi connectivity index (χ3n) is 3.81. The molecule has 1 rings (SSSR count). The second kappa shape index (κ2) is 7.76. The average molecular weight is 253 g/mol. The number of hydrogen-bond acceptors (Lipinski definition) is 0. The highest BCUT2D eigenvalue weighted by Crippen LogP contribution is 2.24. The van der Waals surface area contributed by atoms with Crippen molar-refractivity contribution in [3.63, 3.8) is 0 Å². The zero-order chi connectivity index (χ0) is 12.7. The summed E-state index contributed by atoms with van der Waals surface area (Å²) in [6, 6.07) is 8.67. The summed E-state index contributed by atoms with van der Waals surface area (Å²) in [7, 11) is 0. The van der Waals surface area contributed by atoms with Crippen LogP contribution in [0.4, 0.5) is 0 Å². The second-order valence-corrected chi connectivity index (χ2v) is 5.38. The van der Waals surface area contributed by atoms with E-state index in [-0.39, 0.29) is 0 Å². The lowest BCUT2D eigenvalue weighted by molar-refractivity contribution is 0.372. The van der Waals surface area contributed by atoms with Crippen LogP contribution in [0.1, 0.15) is 44.2 Å². The summed E-state index contributed by atoms with van der Waals surface area (Å²) >= 11 is 6.13. The molecule has 0 nitrogen and oxygen atoms in total. The van der Waals surface area contributed by atoms with Crippen LogP contribution in [0.5, 0.6) is 0 Å². The Kier molecular flexibility index (Phi) is 6.65. The molecule has 0 amide bonds. The molecule has 0 aliphatic heterocycles. The minimum atomic E-state index is 0.627. The van der Waals surface area contributed by atoms with Gasteiger partial charge >= 0.3 is 0 Å². The Bertz CT molecular complexity index is 315. The Hall–Kier alpha value is -0.490. The van der Waals surface area contributed by atoms with E-state index in [2.05, 4.69) is 45.0 Å². The molecule has 0 spiro atoms. The van der Waals surface area contributed by atoms with Gasteiger partial charge in [-0.25, -0.2) is 0 Å². The highest BCUT2D eigenvalue weighted by Gasteiger charge is 2.14. The standard InChI is InChI=1S/C16H25Cl/c1-4-14(5-2)10-15(12-17)11-16-9-7-6-8-13(16)3/h6-9,14-15H,4-5,10-12H2,1-3H3. The molecule has 0 N–H and O–H groups in total. The van der Waals surface area contributed by atoms with Crippen LogP contribution >= 0.6 is 11.6 Å². The Balaban J connectivity index is 2.61. The van der Waals surface area contributed by atoms with E-state index in [1.807, 2.05) is 0 Å². The minimum absolute atomic E-state index is 0.627. The summed E-state index contributed by atoms with van der Waals surface area (Å²) in [4.78, 5) is 0. The molecule has 0 aliphatic rings. The van der Waals surface area contributed by atoms with Gasteiger partial charge in [-0.05, 0) is 42.7 Å². The Labute approximate surface area is 111 Å². The van der Waals surface area contributed by atoms with Gasteiger partial charge in [-0.15, -0.1) is 11.6 Å². The molecular weight excluding hydrogens is 228 g/mol. The zero-order valence-corrected chi connectivity index (χ0v) is 12.1. The predicted octanol–water partition coefficient (Wildman–Crippen LogP) is 5.22. The molecule has 0 saturated heterocycles. The van der Waals surface area contributed by atoms with Crippen molar-refractivity contribution in [2.24, 2.45) is 11.8 Å². The molecule has 17 heavy (non-hydrogen) atoms. The molecule has 1 unspecified atom stereocenters. The number of benzene rings is 1. The van der Waals surface area contributed by atoms with Crippen molar-refractivity contribution in [1.82, 2.24) is 0 Å². The van der Waals surface area contributed by atoms with Gasteiger partial charge in [-0.2, -0.15) is 0 Å².